The molecule has 0 unspecified atom stereocenters. The molecule has 130 valence electrons. The quantitative estimate of drug-likeness (QED) is 0.679. The Morgan fingerprint density at radius 3 is 2.80 bits per heavy atom. The number of rotatable bonds is 2. The van der Waals surface area contributed by atoms with Crippen LogP contribution < -0.4 is 10.5 Å². The Bertz CT molecular complexity index is 1030. The molecule has 3 aromatic rings. The standard InChI is InChI=1S/C16H15N3O6/c1-23-16(22)12-13(20)15(21)19-14(17-12)11-9(3-2-4-10(11)25-19)18-5-7-24-8-6-18/h2-4,20H,5-8H2,1H3. The van der Waals surface area contributed by atoms with Gasteiger partial charge >= 0.3 is 11.5 Å². The predicted molar refractivity (Wildman–Crippen MR) is 87.3 cm³/mol. The maximum Gasteiger partial charge on any atom is 0.360 e. The largest absolute Gasteiger partial charge is 0.501 e. The fourth-order valence-electron chi connectivity index (χ4n) is 2.97. The molecule has 0 bridgehead atoms. The van der Waals surface area contributed by atoms with Crippen LogP contribution in [0.15, 0.2) is 27.5 Å². The van der Waals surface area contributed by atoms with Crippen LogP contribution in [0, 0.1) is 0 Å². The molecule has 25 heavy (non-hydrogen) atoms. The second-order valence-corrected chi connectivity index (χ2v) is 5.56. The molecule has 1 saturated heterocycles. The summed E-state index contributed by atoms with van der Waals surface area (Å²) in [6.07, 6.45) is 0. The lowest BCUT2D eigenvalue weighted by molar-refractivity contribution is 0.0590. The lowest BCUT2D eigenvalue weighted by Gasteiger charge is -2.29. The van der Waals surface area contributed by atoms with Crippen LogP contribution in [-0.4, -0.2) is 54.0 Å². The van der Waals surface area contributed by atoms with E-state index in [1.165, 1.54) is 0 Å². The maximum atomic E-state index is 12.4. The number of esters is 1. The van der Waals surface area contributed by atoms with Gasteiger partial charge in [0.05, 0.1) is 31.4 Å². The molecular formula is C16H15N3O6. The van der Waals surface area contributed by atoms with Crippen molar-refractivity contribution in [3.8, 4) is 5.75 Å². The summed E-state index contributed by atoms with van der Waals surface area (Å²) in [5, 5.41) is 10.5. The van der Waals surface area contributed by atoms with Gasteiger partial charge < -0.3 is 24.0 Å². The first-order valence-corrected chi connectivity index (χ1v) is 7.70. The summed E-state index contributed by atoms with van der Waals surface area (Å²) in [6.45, 7) is 2.55. The number of morpholine rings is 1. The number of benzene rings is 1. The minimum absolute atomic E-state index is 0.153. The van der Waals surface area contributed by atoms with Crippen molar-refractivity contribution in [2.24, 2.45) is 0 Å². The van der Waals surface area contributed by atoms with Crippen LogP contribution in [0.1, 0.15) is 10.5 Å². The highest BCUT2D eigenvalue weighted by atomic mass is 16.5. The van der Waals surface area contributed by atoms with Crippen LogP contribution in [-0.2, 0) is 9.47 Å². The first kappa shape index (κ1) is 15.5. The monoisotopic (exact) mass is 345 g/mol. The van der Waals surface area contributed by atoms with Crippen molar-refractivity contribution in [1.82, 2.24) is 9.56 Å². The molecule has 1 aliphatic rings. The molecule has 0 amide bonds. The second-order valence-electron chi connectivity index (χ2n) is 5.56. The van der Waals surface area contributed by atoms with Gasteiger partial charge in [-0.3, -0.25) is 4.79 Å². The van der Waals surface area contributed by atoms with E-state index in [1.54, 1.807) is 6.07 Å². The zero-order valence-corrected chi connectivity index (χ0v) is 13.4. The van der Waals surface area contributed by atoms with Crippen LogP contribution in [0.4, 0.5) is 5.69 Å². The number of hydrogen-bond donors (Lipinski definition) is 1. The van der Waals surface area contributed by atoms with E-state index in [0.29, 0.717) is 37.3 Å². The van der Waals surface area contributed by atoms with E-state index in [4.69, 9.17) is 9.26 Å². The summed E-state index contributed by atoms with van der Waals surface area (Å²) in [6, 6.07) is 5.39. The Hall–Kier alpha value is -3.07. The zero-order valence-electron chi connectivity index (χ0n) is 13.4. The average Bonchev–Trinajstić information content (AvgIpc) is 3.03. The number of fused-ring (bicyclic) bond motifs is 3. The van der Waals surface area contributed by atoms with Crippen LogP contribution >= 0.6 is 0 Å². The summed E-state index contributed by atoms with van der Waals surface area (Å²) < 4.78 is 16.4. The molecular weight excluding hydrogens is 330 g/mol. The average molecular weight is 345 g/mol. The Labute approximate surface area is 140 Å². The minimum atomic E-state index is -0.893. The predicted octanol–water partition coefficient (Wildman–Crippen LogP) is 0.769. The van der Waals surface area contributed by atoms with Gasteiger partial charge in [-0.05, 0) is 12.1 Å². The summed E-state index contributed by atoms with van der Waals surface area (Å²) in [7, 11) is 1.15. The van der Waals surface area contributed by atoms with Crippen molar-refractivity contribution in [3.05, 3.63) is 34.2 Å². The molecule has 3 heterocycles. The van der Waals surface area contributed by atoms with E-state index in [2.05, 4.69) is 14.6 Å². The zero-order chi connectivity index (χ0) is 17.6. The van der Waals surface area contributed by atoms with Gasteiger partial charge in [-0.15, -0.1) is 4.57 Å². The molecule has 0 aliphatic carbocycles. The topological polar surface area (TPSA) is 107 Å². The van der Waals surface area contributed by atoms with Crippen molar-refractivity contribution >= 4 is 28.3 Å². The molecule has 9 heteroatoms. The number of anilines is 1. The molecule has 0 spiro atoms. The number of carbonyl (C=O) groups is 1. The molecule has 0 saturated carbocycles. The summed E-state index contributed by atoms with van der Waals surface area (Å²) in [5.74, 6) is -1.70. The lowest BCUT2D eigenvalue weighted by Crippen LogP contribution is -2.36. The number of aromatic hydroxyl groups is 1. The summed E-state index contributed by atoms with van der Waals surface area (Å²) in [5.41, 5.74) is 0.0947. The van der Waals surface area contributed by atoms with Crippen molar-refractivity contribution in [2.45, 2.75) is 0 Å². The fraction of sp³-hybridized carbons (Fsp3) is 0.312. The second kappa shape index (κ2) is 5.78. The fourth-order valence-corrected chi connectivity index (χ4v) is 2.97. The van der Waals surface area contributed by atoms with Gasteiger partial charge in [0.2, 0.25) is 5.75 Å². The third kappa shape index (κ3) is 2.31. The van der Waals surface area contributed by atoms with Gasteiger partial charge in [-0.25, -0.2) is 9.78 Å². The van der Waals surface area contributed by atoms with Gasteiger partial charge in [-0.1, -0.05) is 6.07 Å². The highest BCUT2D eigenvalue weighted by Gasteiger charge is 2.25. The third-order valence-corrected chi connectivity index (χ3v) is 4.17. The minimum Gasteiger partial charge on any atom is -0.501 e. The molecule has 9 nitrogen and oxygen atoms in total. The first-order valence-electron chi connectivity index (χ1n) is 7.70. The van der Waals surface area contributed by atoms with Crippen LogP contribution in [0.2, 0.25) is 0 Å². The molecule has 4 rings (SSSR count). The Morgan fingerprint density at radius 2 is 2.08 bits per heavy atom. The van der Waals surface area contributed by atoms with Crippen LogP contribution in [0.5, 0.6) is 5.75 Å². The van der Waals surface area contributed by atoms with Gasteiger partial charge in [0.1, 0.15) is 0 Å². The van der Waals surface area contributed by atoms with Crippen molar-refractivity contribution in [3.63, 3.8) is 0 Å². The van der Waals surface area contributed by atoms with E-state index >= 15 is 0 Å². The Morgan fingerprint density at radius 1 is 1.32 bits per heavy atom. The van der Waals surface area contributed by atoms with Gasteiger partial charge in [0, 0.05) is 13.1 Å². The number of ether oxygens (including phenoxy) is 2. The third-order valence-electron chi connectivity index (χ3n) is 4.17. The smallest absolute Gasteiger partial charge is 0.360 e. The molecule has 0 radical (unpaired) electrons. The highest BCUT2D eigenvalue weighted by molar-refractivity contribution is 6.02. The maximum absolute atomic E-state index is 12.4. The molecule has 2 aromatic heterocycles. The van der Waals surface area contributed by atoms with E-state index in [-0.39, 0.29) is 5.65 Å². The number of methoxy groups -OCH3 is 1. The molecule has 1 aliphatic heterocycles. The van der Waals surface area contributed by atoms with E-state index < -0.39 is 23.0 Å². The molecule has 1 fully saturated rings. The number of aromatic nitrogens is 2. The molecule has 1 aromatic carbocycles. The van der Waals surface area contributed by atoms with Crippen molar-refractivity contribution in [2.75, 3.05) is 38.3 Å². The highest BCUT2D eigenvalue weighted by Crippen LogP contribution is 2.32. The van der Waals surface area contributed by atoms with E-state index in [0.717, 1.165) is 17.4 Å². The van der Waals surface area contributed by atoms with Gasteiger partial charge in [-0.2, -0.15) is 0 Å². The number of hydrogen-bond acceptors (Lipinski definition) is 8. The number of nitrogens with zero attached hydrogens (tertiary/aromatic N) is 3. The van der Waals surface area contributed by atoms with Gasteiger partial charge in [0.15, 0.2) is 16.9 Å². The van der Waals surface area contributed by atoms with E-state index in [9.17, 15) is 14.7 Å². The lowest BCUT2D eigenvalue weighted by atomic mass is 10.2. The van der Waals surface area contributed by atoms with Crippen molar-refractivity contribution < 1.29 is 23.9 Å². The first-order chi connectivity index (χ1) is 12.1. The SMILES string of the molecule is COC(=O)c1nc2c3c(N4CCOCC4)cccc3on2c(=O)c1O. The normalized spacial score (nSPS) is 15.0. The summed E-state index contributed by atoms with van der Waals surface area (Å²) >= 11 is 0. The van der Waals surface area contributed by atoms with Crippen LogP contribution in [0.3, 0.4) is 0 Å². The van der Waals surface area contributed by atoms with E-state index in [1.807, 2.05) is 12.1 Å². The van der Waals surface area contributed by atoms with Gasteiger partial charge in [0.25, 0.3) is 0 Å². The number of carbonyl (C=O) groups excluding carboxylic acids is 1. The van der Waals surface area contributed by atoms with Crippen LogP contribution in [0.25, 0.3) is 16.6 Å². The molecule has 0 atom stereocenters. The Balaban J connectivity index is 2.04. The summed E-state index contributed by atoms with van der Waals surface area (Å²) in [4.78, 5) is 30.4. The Kier molecular flexibility index (Phi) is 3.57. The van der Waals surface area contributed by atoms with Crippen molar-refractivity contribution in [1.29, 1.82) is 0 Å². The molecule has 1 N–H and O–H groups in total.